The molecule has 1 aromatic heterocycles. The van der Waals surface area contributed by atoms with Gasteiger partial charge in [-0.3, -0.25) is 4.79 Å². The zero-order valence-electron chi connectivity index (χ0n) is 17.7. The number of H-pyrrole nitrogens is 1. The van der Waals surface area contributed by atoms with Crippen molar-refractivity contribution in [1.29, 1.82) is 0 Å². The molecule has 2 aromatic rings. The Morgan fingerprint density at radius 1 is 1.28 bits per heavy atom. The number of carbonyl (C=O) groups is 1. The van der Waals surface area contributed by atoms with E-state index in [2.05, 4.69) is 10.3 Å². The van der Waals surface area contributed by atoms with Crippen molar-refractivity contribution in [2.45, 2.75) is 50.9 Å². The van der Waals surface area contributed by atoms with Crippen molar-refractivity contribution in [3.05, 3.63) is 40.2 Å². The summed E-state index contributed by atoms with van der Waals surface area (Å²) in [6.07, 6.45) is 0.586. The molecule has 0 saturated heterocycles. The molecule has 2 unspecified atom stereocenters. The number of alkyl halides is 3. The number of carboxylic acid groups (broad SMARTS) is 1. The van der Waals surface area contributed by atoms with Gasteiger partial charge in [-0.25, -0.2) is 4.79 Å². The van der Waals surface area contributed by atoms with E-state index in [0.29, 0.717) is 12.5 Å². The molecule has 0 amide bonds. The van der Waals surface area contributed by atoms with E-state index in [9.17, 15) is 23.1 Å². The summed E-state index contributed by atoms with van der Waals surface area (Å²) in [4.78, 5) is 24.1. The van der Waals surface area contributed by atoms with Gasteiger partial charge in [0.2, 0.25) is 0 Å². The molecule has 2 saturated carbocycles. The highest BCUT2D eigenvalue weighted by molar-refractivity contribution is 5.80. The van der Waals surface area contributed by atoms with Crippen LogP contribution >= 0.6 is 0 Å². The number of rotatable bonds is 5. The second kappa shape index (κ2) is 9.50. The Balaban J connectivity index is 0.000000360. The van der Waals surface area contributed by atoms with Crippen molar-refractivity contribution in [3.63, 3.8) is 0 Å². The van der Waals surface area contributed by atoms with Crippen molar-refractivity contribution >= 4 is 16.9 Å². The number of carboxylic acids is 1. The number of halogens is 3. The van der Waals surface area contributed by atoms with Crippen molar-refractivity contribution < 1.29 is 32.9 Å². The van der Waals surface area contributed by atoms with Gasteiger partial charge >= 0.3 is 12.1 Å². The Morgan fingerprint density at radius 3 is 2.50 bits per heavy atom. The van der Waals surface area contributed by atoms with Crippen LogP contribution in [0.2, 0.25) is 0 Å². The molecule has 2 aliphatic carbocycles. The summed E-state index contributed by atoms with van der Waals surface area (Å²) in [6, 6.07) is 7.61. The lowest BCUT2D eigenvalue weighted by molar-refractivity contribution is -0.192. The van der Waals surface area contributed by atoms with Crippen molar-refractivity contribution in [3.8, 4) is 5.75 Å². The van der Waals surface area contributed by atoms with Gasteiger partial charge in [-0.2, -0.15) is 13.2 Å². The van der Waals surface area contributed by atoms with Crippen LogP contribution in [0.15, 0.2) is 29.1 Å². The summed E-state index contributed by atoms with van der Waals surface area (Å²) >= 11 is 0. The van der Waals surface area contributed by atoms with Gasteiger partial charge in [0.05, 0.1) is 18.7 Å². The van der Waals surface area contributed by atoms with Gasteiger partial charge in [0.1, 0.15) is 5.75 Å². The SMILES string of the molecule is COc1ccc2cc(CNCC3CCC4(CCC4)C3O)c(=O)[nH]c2c1.O=C(O)C(F)(F)F. The molecule has 32 heavy (non-hydrogen) atoms. The third-order valence-electron chi connectivity index (χ3n) is 6.53. The average molecular weight is 456 g/mol. The zero-order chi connectivity index (χ0) is 23.5. The van der Waals surface area contributed by atoms with Gasteiger partial charge in [0, 0.05) is 24.7 Å². The fourth-order valence-electron chi connectivity index (χ4n) is 4.54. The first kappa shape index (κ1) is 24.1. The van der Waals surface area contributed by atoms with Gasteiger partial charge in [-0.1, -0.05) is 6.42 Å². The number of benzene rings is 1. The molecule has 1 spiro atoms. The number of ether oxygens (including phenoxy) is 1. The minimum absolute atomic E-state index is 0.0734. The second-order valence-electron chi connectivity index (χ2n) is 8.47. The second-order valence-corrected chi connectivity index (χ2v) is 8.47. The minimum Gasteiger partial charge on any atom is -0.497 e. The molecule has 1 aromatic carbocycles. The molecule has 4 N–H and O–H groups in total. The summed E-state index contributed by atoms with van der Waals surface area (Å²) < 4.78 is 36.9. The standard InChI is InChI=1S/C20H26N2O3.C2HF3O2/c1-25-16-4-3-13-9-15(19(24)22-17(13)10-16)12-21-11-14-5-8-20(18(14)23)6-2-7-20;3-2(4,5)1(6)7/h3-4,9-10,14,18,21,23H,2,5-8,11-12H2,1H3,(H,22,24);(H,6,7). The van der Waals surface area contributed by atoms with Crippen LogP contribution in [0.25, 0.3) is 10.9 Å². The molecule has 10 heteroatoms. The van der Waals surface area contributed by atoms with Crippen LogP contribution in [0.5, 0.6) is 5.75 Å². The maximum absolute atomic E-state index is 12.3. The smallest absolute Gasteiger partial charge is 0.490 e. The van der Waals surface area contributed by atoms with Crippen LogP contribution in [0.4, 0.5) is 13.2 Å². The molecule has 4 rings (SSSR count). The molecule has 1 heterocycles. The van der Waals surface area contributed by atoms with Gasteiger partial charge in [0.15, 0.2) is 0 Å². The normalized spacial score (nSPS) is 21.7. The van der Waals surface area contributed by atoms with Crippen molar-refractivity contribution in [1.82, 2.24) is 10.3 Å². The zero-order valence-corrected chi connectivity index (χ0v) is 17.7. The molecule has 2 atom stereocenters. The van der Waals surface area contributed by atoms with E-state index in [1.807, 2.05) is 24.3 Å². The molecule has 176 valence electrons. The van der Waals surface area contributed by atoms with E-state index in [1.165, 1.54) is 19.3 Å². The van der Waals surface area contributed by atoms with Crippen molar-refractivity contribution in [2.24, 2.45) is 11.3 Å². The van der Waals surface area contributed by atoms with E-state index in [-0.39, 0.29) is 17.1 Å². The molecular formula is C22H27F3N2O5. The Labute approximate surface area is 182 Å². The lowest BCUT2D eigenvalue weighted by Gasteiger charge is -2.42. The number of hydrogen-bond acceptors (Lipinski definition) is 5. The van der Waals surface area contributed by atoms with Gasteiger partial charge in [-0.05, 0) is 60.6 Å². The number of aromatic nitrogens is 1. The van der Waals surface area contributed by atoms with E-state index in [0.717, 1.165) is 41.6 Å². The largest absolute Gasteiger partial charge is 0.497 e. The van der Waals surface area contributed by atoms with E-state index < -0.39 is 12.1 Å². The number of hydrogen-bond donors (Lipinski definition) is 4. The highest BCUT2D eigenvalue weighted by Gasteiger charge is 2.50. The number of nitrogens with one attached hydrogen (secondary N) is 2. The summed E-state index contributed by atoms with van der Waals surface area (Å²) in [6.45, 7) is 1.29. The van der Waals surface area contributed by atoms with Crippen LogP contribution in [0.1, 0.15) is 37.7 Å². The monoisotopic (exact) mass is 456 g/mol. The topological polar surface area (TPSA) is 112 Å². The Hall–Kier alpha value is -2.59. The first-order valence-corrected chi connectivity index (χ1v) is 10.4. The molecule has 2 aliphatic rings. The van der Waals surface area contributed by atoms with Crippen LogP contribution in [-0.2, 0) is 11.3 Å². The maximum atomic E-state index is 12.3. The van der Waals surface area contributed by atoms with Gasteiger partial charge in [-0.15, -0.1) is 0 Å². The fraction of sp³-hybridized carbons (Fsp3) is 0.545. The minimum atomic E-state index is -5.08. The molecule has 0 bridgehead atoms. The predicted octanol–water partition coefficient (Wildman–Crippen LogP) is 3.20. The lowest BCUT2D eigenvalue weighted by Crippen LogP contribution is -2.41. The Kier molecular flexibility index (Phi) is 7.14. The third kappa shape index (κ3) is 5.24. The number of fused-ring (bicyclic) bond motifs is 1. The number of pyridine rings is 1. The van der Waals surface area contributed by atoms with Crippen LogP contribution in [-0.4, -0.2) is 47.1 Å². The van der Waals surface area contributed by atoms with Gasteiger partial charge in [0.25, 0.3) is 5.56 Å². The van der Waals surface area contributed by atoms with Crippen LogP contribution < -0.4 is 15.6 Å². The molecule has 7 nitrogen and oxygen atoms in total. The molecular weight excluding hydrogens is 429 g/mol. The highest BCUT2D eigenvalue weighted by Crippen LogP contribution is 2.54. The quantitative estimate of drug-likeness (QED) is 0.550. The summed E-state index contributed by atoms with van der Waals surface area (Å²) in [7, 11) is 1.61. The van der Waals surface area contributed by atoms with Crippen molar-refractivity contribution in [2.75, 3.05) is 13.7 Å². The molecule has 0 aliphatic heterocycles. The van der Waals surface area contributed by atoms with E-state index in [4.69, 9.17) is 14.6 Å². The number of methoxy groups -OCH3 is 1. The lowest BCUT2D eigenvalue weighted by atomic mass is 9.65. The predicted molar refractivity (Wildman–Crippen MR) is 112 cm³/mol. The first-order chi connectivity index (χ1) is 15.1. The first-order valence-electron chi connectivity index (χ1n) is 10.4. The van der Waals surface area contributed by atoms with E-state index >= 15 is 0 Å². The van der Waals surface area contributed by atoms with Crippen LogP contribution in [0, 0.1) is 11.3 Å². The number of aromatic amines is 1. The number of aliphatic carboxylic acids is 1. The molecule has 2 fully saturated rings. The third-order valence-corrected chi connectivity index (χ3v) is 6.53. The summed E-state index contributed by atoms with van der Waals surface area (Å²) in [5, 5.41) is 22.1. The van der Waals surface area contributed by atoms with Gasteiger partial charge < -0.3 is 25.3 Å². The summed E-state index contributed by atoms with van der Waals surface area (Å²) in [5.74, 6) is -1.72. The fourth-order valence-corrected chi connectivity index (χ4v) is 4.54. The number of aliphatic hydroxyl groups excluding tert-OH is 1. The van der Waals surface area contributed by atoms with Crippen LogP contribution in [0.3, 0.4) is 0 Å². The molecule has 0 radical (unpaired) electrons. The maximum Gasteiger partial charge on any atom is 0.490 e. The average Bonchev–Trinajstić information content (AvgIpc) is 3.04. The highest BCUT2D eigenvalue weighted by atomic mass is 19.4. The number of aliphatic hydroxyl groups is 1. The summed E-state index contributed by atoms with van der Waals surface area (Å²) in [5.41, 5.74) is 1.65. The Bertz CT molecular complexity index is 1020. The van der Waals surface area contributed by atoms with E-state index in [1.54, 1.807) is 7.11 Å². The Morgan fingerprint density at radius 2 is 1.97 bits per heavy atom.